The topological polar surface area (TPSA) is 26.3 Å². The van der Waals surface area contributed by atoms with Crippen molar-refractivity contribution in [2.75, 3.05) is 7.11 Å². The Morgan fingerprint density at radius 3 is 2.35 bits per heavy atom. The third-order valence-electron chi connectivity index (χ3n) is 3.48. The maximum Gasteiger partial charge on any atom is 0.130 e. The van der Waals surface area contributed by atoms with Crippen molar-refractivity contribution < 1.29 is 9.53 Å². The van der Waals surface area contributed by atoms with Gasteiger partial charge in [-0.15, -0.1) is 0 Å². The van der Waals surface area contributed by atoms with Crippen molar-refractivity contribution in [1.82, 2.24) is 0 Å². The number of hydrogen-bond donors (Lipinski definition) is 0. The molecule has 0 amide bonds. The summed E-state index contributed by atoms with van der Waals surface area (Å²) in [5, 5.41) is 0.621. The normalized spacial score (nSPS) is 13.6. The van der Waals surface area contributed by atoms with Crippen LogP contribution in [0.25, 0.3) is 0 Å². The van der Waals surface area contributed by atoms with Gasteiger partial charge in [0.2, 0.25) is 0 Å². The zero-order valence-electron chi connectivity index (χ0n) is 11.6. The molecule has 2 rings (SSSR count). The Labute approximate surface area is 124 Å². The fourth-order valence-corrected chi connectivity index (χ4v) is 2.64. The molecule has 0 spiro atoms. The molecule has 2 aromatic rings. The average Bonchev–Trinajstić information content (AvgIpc) is 2.48. The summed E-state index contributed by atoms with van der Waals surface area (Å²) in [4.78, 5) is 11.6. The summed E-state index contributed by atoms with van der Waals surface area (Å²) >= 11 is 6.22. The zero-order chi connectivity index (χ0) is 14.6. The predicted molar refractivity (Wildman–Crippen MR) is 81.6 cm³/mol. The largest absolute Gasteiger partial charge is 0.497 e. The van der Waals surface area contributed by atoms with Crippen molar-refractivity contribution in [2.45, 2.75) is 18.8 Å². The number of ether oxygens (including phenoxy) is 1. The van der Waals surface area contributed by atoms with Crippen LogP contribution in [0.5, 0.6) is 5.75 Å². The van der Waals surface area contributed by atoms with Crippen LogP contribution in [0.3, 0.4) is 0 Å². The number of carbonyl (C=O) groups excluding carboxylic acids is 1. The Balaban J connectivity index is 2.31. The molecule has 0 aromatic heterocycles. The molecule has 0 N–H and O–H groups in total. The number of aldehydes is 1. The lowest BCUT2D eigenvalue weighted by Crippen LogP contribution is -2.27. The Morgan fingerprint density at radius 2 is 1.80 bits per heavy atom. The molecular weight excluding hydrogens is 272 g/mol. The quantitative estimate of drug-likeness (QED) is 0.776. The number of benzene rings is 2. The van der Waals surface area contributed by atoms with Crippen molar-refractivity contribution in [3.63, 3.8) is 0 Å². The minimum absolute atomic E-state index is 0.601. The molecule has 0 radical (unpaired) electrons. The first-order valence-electron chi connectivity index (χ1n) is 6.43. The lowest BCUT2D eigenvalue weighted by Gasteiger charge is -2.25. The Morgan fingerprint density at radius 1 is 1.15 bits per heavy atom. The van der Waals surface area contributed by atoms with Gasteiger partial charge in [0, 0.05) is 5.02 Å². The highest BCUT2D eigenvalue weighted by Gasteiger charge is 2.28. The van der Waals surface area contributed by atoms with Gasteiger partial charge in [-0.1, -0.05) is 41.9 Å². The zero-order valence-corrected chi connectivity index (χ0v) is 12.4. The molecule has 104 valence electrons. The van der Waals surface area contributed by atoms with Gasteiger partial charge in [-0.2, -0.15) is 0 Å². The summed E-state index contributed by atoms with van der Waals surface area (Å²) in [7, 11) is 1.63. The second kappa shape index (κ2) is 6.10. The van der Waals surface area contributed by atoms with E-state index in [9.17, 15) is 4.79 Å². The lowest BCUT2D eigenvalue weighted by atomic mass is 9.78. The van der Waals surface area contributed by atoms with Crippen molar-refractivity contribution in [1.29, 1.82) is 0 Å². The second-order valence-electron chi connectivity index (χ2n) is 5.04. The number of hydrogen-bond acceptors (Lipinski definition) is 2. The molecule has 0 bridgehead atoms. The highest BCUT2D eigenvalue weighted by atomic mass is 35.5. The van der Waals surface area contributed by atoms with Gasteiger partial charge in [0.1, 0.15) is 12.0 Å². The van der Waals surface area contributed by atoms with E-state index in [-0.39, 0.29) is 0 Å². The Hall–Kier alpha value is -1.80. The molecule has 0 aliphatic carbocycles. The second-order valence-corrected chi connectivity index (χ2v) is 5.45. The molecule has 0 fully saturated rings. The number of halogens is 1. The van der Waals surface area contributed by atoms with Gasteiger partial charge < -0.3 is 9.53 Å². The Kier molecular flexibility index (Phi) is 4.46. The molecule has 2 aromatic carbocycles. The van der Waals surface area contributed by atoms with Crippen molar-refractivity contribution in [3.8, 4) is 5.75 Å². The number of rotatable bonds is 5. The molecule has 0 aliphatic heterocycles. The average molecular weight is 289 g/mol. The third-order valence-corrected chi connectivity index (χ3v) is 3.81. The van der Waals surface area contributed by atoms with E-state index in [0.29, 0.717) is 11.4 Å². The first-order valence-corrected chi connectivity index (χ1v) is 6.81. The van der Waals surface area contributed by atoms with Gasteiger partial charge >= 0.3 is 0 Å². The SMILES string of the molecule is COc1ccc(CC(C)(C=O)c2ccccc2Cl)cc1. The smallest absolute Gasteiger partial charge is 0.130 e. The van der Waals surface area contributed by atoms with Crippen LogP contribution in [0.15, 0.2) is 48.5 Å². The van der Waals surface area contributed by atoms with E-state index >= 15 is 0 Å². The standard InChI is InChI=1S/C17H17ClO2/c1-17(12-19,15-5-3-4-6-16(15)18)11-13-7-9-14(20-2)10-8-13/h3-10,12H,11H2,1-2H3. The molecule has 0 heterocycles. The van der Waals surface area contributed by atoms with Crippen LogP contribution in [0.4, 0.5) is 0 Å². The van der Waals surface area contributed by atoms with Gasteiger partial charge in [-0.3, -0.25) is 0 Å². The Bertz CT molecular complexity index is 592. The molecule has 1 unspecified atom stereocenters. The summed E-state index contributed by atoms with van der Waals surface area (Å²) in [6.45, 7) is 1.91. The van der Waals surface area contributed by atoms with E-state index < -0.39 is 5.41 Å². The van der Waals surface area contributed by atoms with Crippen LogP contribution >= 0.6 is 11.6 Å². The van der Waals surface area contributed by atoms with Crippen LogP contribution in [0, 0.1) is 0 Å². The highest BCUT2D eigenvalue weighted by Crippen LogP contribution is 2.32. The van der Waals surface area contributed by atoms with E-state index in [1.54, 1.807) is 7.11 Å². The summed E-state index contributed by atoms with van der Waals surface area (Å²) in [5.41, 5.74) is 1.29. The molecule has 2 nitrogen and oxygen atoms in total. The first kappa shape index (κ1) is 14.6. The van der Waals surface area contributed by atoms with E-state index in [1.165, 1.54) is 0 Å². The molecule has 1 atom stereocenters. The third kappa shape index (κ3) is 3.02. The van der Waals surface area contributed by atoms with E-state index in [0.717, 1.165) is 23.2 Å². The summed E-state index contributed by atoms with van der Waals surface area (Å²) in [5.74, 6) is 0.805. The molecule has 3 heteroatoms. The van der Waals surface area contributed by atoms with Gasteiger partial charge in [-0.25, -0.2) is 0 Å². The van der Waals surface area contributed by atoms with Crippen LogP contribution in [-0.4, -0.2) is 13.4 Å². The fourth-order valence-electron chi connectivity index (χ4n) is 2.29. The summed E-state index contributed by atoms with van der Waals surface area (Å²) < 4.78 is 5.14. The maximum atomic E-state index is 11.6. The molecule has 0 aliphatic rings. The maximum absolute atomic E-state index is 11.6. The van der Waals surface area contributed by atoms with E-state index in [4.69, 9.17) is 16.3 Å². The summed E-state index contributed by atoms with van der Waals surface area (Å²) in [6, 6.07) is 15.2. The van der Waals surface area contributed by atoms with Crippen molar-refractivity contribution in [2.24, 2.45) is 0 Å². The van der Waals surface area contributed by atoms with Gasteiger partial charge in [0.05, 0.1) is 12.5 Å². The highest BCUT2D eigenvalue weighted by molar-refractivity contribution is 6.31. The van der Waals surface area contributed by atoms with E-state index in [1.807, 2.05) is 55.5 Å². The summed E-state index contributed by atoms with van der Waals surface area (Å²) in [6.07, 6.45) is 1.57. The van der Waals surface area contributed by atoms with Crippen LogP contribution < -0.4 is 4.74 Å². The van der Waals surface area contributed by atoms with Crippen molar-refractivity contribution in [3.05, 3.63) is 64.7 Å². The molecule has 0 saturated heterocycles. The number of carbonyl (C=O) groups is 1. The predicted octanol–water partition coefficient (Wildman–Crippen LogP) is 4.05. The molecular formula is C17H17ClO2. The van der Waals surface area contributed by atoms with Crippen LogP contribution in [0.2, 0.25) is 5.02 Å². The molecule has 20 heavy (non-hydrogen) atoms. The van der Waals surface area contributed by atoms with Crippen molar-refractivity contribution >= 4 is 17.9 Å². The first-order chi connectivity index (χ1) is 9.59. The van der Waals surface area contributed by atoms with Gasteiger partial charge in [0.15, 0.2) is 0 Å². The lowest BCUT2D eigenvalue weighted by molar-refractivity contribution is -0.112. The fraction of sp³-hybridized carbons (Fsp3) is 0.235. The minimum Gasteiger partial charge on any atom is -0.497 e. The van der Waals surface area contributed by atoms with Crippen LogP contribution in [-0.2, 0) is 16.6 Å². The van der Waals surface area contributed by atoms with E-state index in [2.05, 4.69) is 0 Å². The van der Waals surface area contributed by atoms with Crippen LogP contribution in [0.1, 0.15) is 18.1 Å². The number of methoxy groups -OCH3 is 1. The monoisotopic (exact) mass is 288 g/mol. The van der Waals surface area contributed by atoms with Gasteiger partial charge in [-0.05, 0) is 42.7 Å². The van der Waals surface area contributed by atoms with Gasteiger partial charge in [0.25, 0.3) is 0 Å². The minimum atomic E-state index is -0.632. The molecule has 0 saturated carbocycles.